The minimum Gasteiger partial charge on any atom is -0.506 e. The Labute approximate surface area is 165 Å². The Morgan fingerprint density at radius 2 is 1.65 bits per heavy atom. The van der Waals surface area contributed by atoms with Gasteiger partial charge in [-0.1, -0.05) is 60.3 Å². The van der Waals surface area contributed by atoms with Gasteiger partial charge >= 0.3 is 0 Å². The number of nitrogens with one attached hydrogen (secondary N) is 1. The molecule has 1 aromatic heterocycles. The molecule has 130 valence electrons. The summed E-state index contributed by atoms with van der Waals surface area (Å²) in [5.74, 6) is 0.334. The number of anilines is 1. The van der Waals surface area contributed by atoms with Crippen molar-refractivity contribution in [2.45, 2.75) is 20.9 Å². The van der Waals surface area contributed by atoms with Gasteiger partial charge in [0.05, 0.1) is 14.8 Å². The number of fused-ring (bicyclic) bond motifs is 1. The van der Waals surface area contributed by atoms with Crippen LogP contribution in [-0.4, -0.2) is 5.11 Å². The van der Waals surface area contributed by atoms with E-state index in [0.29, 0.717) is 5.75 Å². The van der Waals surface area contributed by atoms with Crippen LogP contribution in [0.25, 0.3) is 10.8 Å². The quantitative estimate of drug-likeness (QED) is 0.277. The van der Waals surface area contributed by atoms with Gasteiger partial charge in [0.1, 0.15) is 5.75 Å². The van der Waals surface area contributed by atoms with Crippen molar-refractivity contribution in [1.29, 1.82) is 0 Å². The Bertz CT molecular complexity index is 1040. The normalized spacial score (nSPS) is 11.0. The second kappa shape index (κ2) is 7.66. The van der Waals surface area contributed by atoms with Crippen LogP contribution in [0.3, 0.4) is 0 Å². The molecule has 0 atom stereocenters. The highest BCUT2D eigenvalue weighted by molar-refractivity contribution is 8.02. The number of aryl methyl sites for hydroxylation is 1. The largest absolute Gasteiger partial charge is 0.506 e. The second-order valence-corrected chi connectivity index (χ2v) is 8.96. The summed E-state index contributed by atoms with van der Waals surface area (Å²) < 4.78 is 4.66. The molecule has 26 heavy (non-hydrogen) atoms. The van der Waals surface area contributed by atoms with E-state index < -0.39 is 0 Å². The zero-order chi connectivity index (χ0) is 17.9. The number of phenolic OH excluding ortho intramolecular Hbond substituents is 1. The maximum Gasteiger partial charge on any atom is 0.137 e. The van der Waals surface area contributed by atoms with Crippen molar-refractivity contribution in [2.24, 2.45) is 0 Å². The van der Waals surface area contributed by atoms with Crippen LogP contribution in [0.15, 0.2) is 86.1 Å². The summed E-state index contributed by atoms with van der Waals surface area (Å²) in [6.45, 7) is 2.09. The van der Waals surface area contributed by atoms with Gasteiger partial charge in [-0.3, -0.25) is 0 Å². The molecule has 0 bridgehead atoms. The Balaban J connectivity index is 1.75. The van der Waals surface area contributed by atoms with Gasteiger partial charge in [-0.2, -0.15) is 0 Å². The molecule has 0 fully saturated rings. The van der Waals surface area contributed by atoms with E-state index in [4.69, 9.17) is 0 Å². The van der Waals surface area contributed by atoms with E-state index >= 15 is 0 Å². The van der Waals surface area contributed by atoms with Crippen LogP contribution < -0.4 is 4.72 Å². The van der Waals surface area contributed by atoms with Crippen molar-refractivity contribution in [3.8, 4) is 5.75 Å². The lowest BCUT2D eigenvalue weighted by Gasteiger charge is -2.14. The SMILES string of the molecule is Cc1ccccc1Sc1cc(NSc2cccs2)c2ccccc2c1O. The highest BCUT2D eigenvalue weighted by atomic mass is 32.2. The number of phenols is 1. The zero-order valence-corrected chi connectivity index (χ0v) is 16.5. The number of aromatic hydroxyl groups is 1. The van der Waals surface area contributed by atoms with Gasteiger partial charge in [-0.25, -0.2) is 0 Å². The molecule has 0 saturated carbocycles. The number of hydrogen-bond acceptors (Lipinski definition) is 5. The molecule has 0 amide bonds. The molecule has 4 rings (SSSR count). The molecule has 0 saturated heterocycles. The predicted octanol–water partition coefficient (Wildman–Crippen LogP) is 7.19. The Morgan fingerprint density at radius 1 is 0.885 bits per heavy atom. The molecule has 2 nitrogen and oxygen atoms in total. The summed E-state index contributed by atoms with van der Waals surface area (Å²) in [4.78, 5) is 2.00. The van der Waals surface area contributed by atoms with E-state index in [2.05, 4.69) is 35.2 Å². The molecule has 0 radical (unpaired) electrons. The lowest BCUT2D eigenvalue weighted by atomic mass is 10.1. The summed E-state index contributed by atoms with van der Waals surface area (Å²) in [5, 5.41) is 14.8. The molecular weight excluding hydrogens is 378 g/mol. The van der Waals surface area contributed by atoms with Crippen LogP contribution in [-0.2, 0) is 0 Å². The molecule has 2 N–H and O–H groups in total. The van der Waals surface area contributed by atoms with E-state index in [0.717, 1.165) is 26.3 Å². The Kier molecular flexibility index (Phi) is 5.11. The summed E-state index contributed by atoms with van der Waals surface area (Å²) in [7, 11) is 0. The Hall–Kier alpha value is -2.08. The van der Waals surface area contributed by atoms with Gasteiger partial charge in [0.2, 0.25) is 0 Å². The van der Waals surface area contributed by atoms with Crippen molar-refractivity contribution < 1.29 is 5.11 Å². The molecule has 5 heteroatoms. The zero-order valence-electron chi connectivity index (χ0n) is 14.1. The standard InChI is InChI=1S/C21H17NOS3/c1-14-7-2-5-10-18(14)25-19-13-17(22-26-20-11-6-12-24-20)15-8-3-4-9-16(15)21(19)23/h2-13,22-23H,1H3. The average Bonchev–Trinajstić information content (AvgIpc) is 3.18. The molecule has 3 aromatic carbocycles. The van der Waals surface area contributed by atoms with Gasteiger partial charge in [0, 0.05) is 15.7 Å². The summed E-state index contributed by atoms with van der Waals surface area (Å²) in [5.41, 5.74) is 2.21. The maximum absolute atomic E-state index is 10.8. The van der Waals surface area contributed by atoms with Crippen LogP contribution in [0.4, 0.5) is 5.69 Å². The first kappa shape index (κ1) is 17.3. The lowest BCUT2D eigenvalue weighted by Crippen LogP contribution is -1.90. The van der Waals surface area contributed by atoms with E-state index in [1.54, 1.807) is 35.0 Å². The van der Waals surface area contributed by atoms with Crippen LogP contribution in [0.5, 0.6) is 5.75 Å². The van der Waals surface area contributed by atoms with Crippen molar-refractivity contribution in [1.82, 2.24) is 0 Å². The fourth-order valence-corrected chi connectivity index (χ4v) is 5.17. The first-order valence-corrected chi connectivity index (χ1v) is 10.7. The van der Waals surface area contributed by atoms with Gasteiger partial charge in [-0.15, -0.1) is 11.3 Å². The Morgan fingerprint density at radius 3 is 2.42 bits per heavy atom. The number of rotatable bonds is 5. The summed E-state index contributed by atoms with van der Waals surface area (Å²) in [6.07, 6.45) is 0. The van der Waals surface area contributed by atoms with Crippen molar-refractivity contribution in [2.75, 3.05) is 4.72 Å². The maximum atomic E-state index is 10.8. The molecule has 0 spiro atoms. The third-order valence-electron chi connectivity index (χ3n) is 4.05. The van der Waals surface area contributed by atoms with Crippen LogP contribution in [0, 0.1) is 6.92 Å². The van der Waals surface area contributed by atoms with Gasteiger partial charge < -0.3 is 9.83 Å². The first-order chi connectivity index (χ1) is 12.7. The summed E-state index contributed by atoms with van der Waals surface area (Å²) >= 11 is 4.90. The van der Waals surface area contributed by atoms with Crippen molar-refractivity contribution >= 4 is 51.5 Å². The van der Waals surface area contributed by atoms with Gasteiger partial charge in [-0.05, 0) is 48.0 Å². The number of benzene rings is 3. The van der Waals surface area contributed by atoms with Crippen LogP contribution in [0.2, 0.25) is 0 Å². The lowest BCUT2D eigenvalue weighted by molar-refractivity contribution is 0.469. The second-order valence-electron chi connectivity index (χ2n) is 5.82. The summed E-state index contributed by atoms with van der Waals surface area (Å²) in [6, 6.07) is 22.4. The van der Waals surface area contributed by atoms with Gasteiger partial charge in [0.15, 0.2) is 0 Å². The van der Waals surface area contributed by atoms with Gasteiger partial charge in [0.25, 0.3) is 0 Å². The minimum absolute atomic E-state index is 0.334. The molecule has 1 heterocycles. The van der Waals surface area contributed by atoms with Crippen molar-refractivity contribution in [3.63, 3.8) is 0 Å². The average molecular weight is 396 g/mol. The van der Waals surface area contributed by atoms with E-state index in [9.17, 15) is 5.11 Å². The van der Waals surface area contributed by atoms with E-state index in [1.165, 1.54) is 9.77 Å². The highest BCUT2D eigenvalue weighted by Gasteiger charge is 2.13. The number of hydrogen-bond donors (Lipinski definition) is 2. The van der Waals surface area contributed by atoms with Crippen LogP contribution in [0.1, 0.15) is 5.56 Å². The predicted molar refractivity (Wildman–Crippen MR) is 115 cm³/mol. The third-order valence-corrected chi connectivity index (χ3v) is 7.12. The molecular formula is C21H17NOS3. The fourth-order valence-electron chi connectivity index (χ4n) is 2.71. The molecule has 4 aromatic rings. The molecule has 0 aliphatic rings. The third kappa shape index (κ3) is 3.56. The minimum atomic E-state index is 0.334. The highest BCUT2D eigenvalue weighted by Crippen LogP contribution is 2.44. The monoisotopic (exact) mass is 395 g/mol. The number of thiophene rings is 1. The first-order valence-electron chi connectivity index (χ1n) is 8.17. The van der Waals surface area contributed by atoms with Crippen LogP contribution >= 0.6 is 35.0 Å². The molecule has 0 aliphatic carbocycles. The van der Waals surface area contributed by atoms with E-state index in [1.807, 2.05) is 48.5 Å². The molecule has 0 aliphatic heterocycles. The van der Waals surface area contributed by atoms with Crippen molar-refractivity contribution in [3.05, 3.63) is 77.7 Å². The smallest absolute Gasteiger partial charge is 0.137 e. The van der Waals surface area contributed by atoms with E-state index in [-0.39, 0.29) is 0 Å². The fraction of sp³-hybridized carbons (Fsp3) is 0.0476. The molecule has 0 unspecified atom stereocenters. The topological polar surface area (TPSA) is 32.3 Å².